The molecule has 0 spiro atoms. The maximum atomic E-state index is 5.75. The number of rotatable bonds is 8. The number of imidazole rings is 1. The third-order valence-corrected chi connectivity index (χ3v) is 4.28. The highest BCUT2D eigenvalue weighted by Gasteiger charge is 2.03. The van der Waals surface area contributed by atoms with E-state index >= 15 is 0 Å². The summed E-state index contributed by atoms with van der Waals surface area (Å²) in [5, 5.41) is 3.26. The Bertz CT molecular complexity index is 492. The lowest BCUT2D eigenvalue weighted by atomic mass is 10.2. The Kier molecular flexibility index (Phi) is 5.86. The Balaban J connectivity index is 1.72. The lowest BCUT2D eigenvalue weighted by Gasteiger charge is -2.06. The maximum Gasteiger partial charge on any atom is 0.108 e. The number of halogens is 1. The van der Waals surface area contributed by atoms with Gasteiger partial charge in [0.15, 0.2) is 0 Å². The zero-order valence-electron chi connectivity index (χ0n) is 11.3. The number of aryl methyl sites for hydroxylation is 3. The molecular formula is C14H20ClN3S. The van der Waals surface area contributed by atoms with E-state index in [0.29, 0.717) is 5.88 Å². The molecule has 5 heteroatoms. The van der Waals surface area contributed by atoms with Crippen molar-refractivity contribution in [2.24, 2.45) is 0 Å². The fourth-order valence-corrected chi connectivity index (χ4v) is 3.15. The van der Waals surface area contributed by atoms with E-state index in [1.807, 2.05) is 6.20 Å². The Labute approximate surface area is 123 Å². The number of alkyl halides is 1. The highest BCUT2D eigenvalue weighted by molar-refractivity contribution is 7.09. The summed E-state index contributed by atoms with van der Waals surface area (Å²) in [4.78, 5) is 8.87. The summed E-state index contributed by atoms with van der Waals surface area (Å²) in [7, 11) is 0. The van der Waals surface area contributed by atoms with Crippen LogP contribution in [-0.4, -0.2) is 14.5 Å². The molecule has 19 heavy (non-hydrogen) atoms. The van der Waals surface area contributed by atoms with Gasteiger partial charge in [-0.1, -0.05) is 6.92 Å². The van der Waals surface area contributed by atoms with Crippen molar-refractivity contribution in [3.8, 4) is 0 Å². The SMILES string of the molecule is CCCc1nccn1CCCCc1nc(CCl)cs1. The summed E-state index contributed by atoms with van der Waals surface area (Å²) in [5.74, 6) is 1.73. The smallest absolute Gasteiger partial charge is 0.108 e. The molecule has 3 nitrogen and oxygen atoms in total. The Morgan fingerprint density at radius 2 is 2.21 bits per heavy atom. The van der Waals surface area contributed by atoms with Crippen molar-refractivity contribution >= 4 is 22.9 Å². The van der Waals surface area contributed by atoms with E-state index in [1.165, 1.54) is 23.7 Å². The van der Waals surface area contributed by atoms with Crippen molar-refractivity contribution < 1.29 is 0 Å². The van der Waals surface area contributed by atoms with Crippen molar-refractivity contribution in [2.45, 2.75) is 51.5 Å². The summed E-state index contributed by atoms with van der Waals surface area (Å²) in [6.07, 6.45) is 9.59. The predicted molar refractivity (Wildman–Crippen MR) is 80.8 cm³/mol. The summed E-state index contributed by atoms with van der Waals surface area (Å²) >= 11 is 7.47. The summed E-state index contributed by atoms with van der Waals surface area (Å²) in [5.41, 5.74) is 1.00. The minimum atomic E-state index is 0.520. The van der Waals surface area contributed by atoms with Gasteiger partial charge in [0.1, 0.15) is 5.82 Å². The first-order valence-electron chi connectivity index (χ1n) is 6.82. The molecule has 0 atom stereocenters. The topological polar surface area (TPSA) is 30.7 Å². The molecule has 0 fully saturated rings. The molecule has 2 aromatic rings. The molecule has 0 aromatic carbocycles. The number of unbranched alkanes of at least 4 members (excludes halogenated alkanes) is 1. The van der Waals surface area contributed by atoms with E-state index in [0.717, 1.165) is 31.5 Å². The van der Waals surface area contributed by atoms with Crippen molar-refractivity contribution in [2.75, 3.05) is 0 Å². The number of nitrogens with zero attached hydrogens (tertiary/aromatic N) is 3. The van der Waals surface area contributed by atoms with Crippen molar-refractivity contribution in [1.29, 1.82) is 0 Å². The number of aromatic nitrogens is 3. The van der Waals surface area contributed by atoms with Gasteiger partial charge in [0, 0.05) is 30.7 Å². The Morgan fingerprint density at radius 1 is 1.32 bits per heavy atom. The second-order valence-electron chi connectivity index (χ2n) is 4.61. The van der Waals surface area contributed by atoms with Crippen LogP contribution in [0.3, 0.4) is 0 Å². The van der Waals surface area contributed by atoms with E-state index in [-0.39, 0.29) is 0 Å². The normalized spacial score (nSPS) is 11.1. The van der Waals surface area contributed by atoms with Gasteiger partial charge in [0.25, 0.3) is 0 Å². The zero-order valence-corrected chi connectivity index (χ0v) is 12.9. The second-order valence-corrected chi connectivity index (χ2v) is 5.82. The number of thiazole rings is 1. The predicted octanol–water partition coefficient (Wildman–Crippen LogP) is 4.05. The van der Waals surface area contributed by atoms with E-state index < -0.39 is 0 Å². The van der Waals surface area contributed by atoms with Gasteiger partial charge in [-0.25, -0.2) is 9.97 Å². The van der Waals surface area contributed by atoms with Gasteiger partial charge in [-0.05, 0) is 25.7 Å². The van der Waals surface area contributed by atoms with E-state index in [9.17, 15) is 0 Å². The molecule has 0 saturated carbocycles. The third-order valence-electron chi connectivity index (χ3n) is 3.05. The van der Waals surface area contributed by atoms with Crippen molar-refractivity contribution in [3.63, 3.8) is 0 Å². The molecule has 104 valence electrons. The molecule has 0 aliphatic rings. The largest absolute Gasteiger partial charge is 0.335 e. The van der Waals surface area contributed by atoms with Crippen LogP contribution in [0, 0.1) is 0 Å². The molecule has 0 bridgehead atoms. The summed E-state index contributed by atoms with van der Waals surface area (Å²) < 4.78 is 2.27. The van der Waals surface area contributed by atoms with Crippen LogP contribution in [-0.2, 0) is 25.3 Å². The average molecular weight is 298 g/mol. The van der Waals surface area contributed by atoms with Crippen LogP contribution in [0.1, 0.15) is 42.7 Å². The molecule has 2 heterocycles. The molecule has 0 saturated heterocycles. The van der Waals surface area contributed by atoms with Gasteiger partial charge >= 0.3 is 0 Å². The first-order chi connectivity index (χ1) is 9.33. The molecule has 0 radical (unpaired) electrons. The van der Waals surface area contributed by atoms with Crippen molar-refractivity contribution in [1.82, 2.24) is 14.5 Å². The highest BCUT2D eigenvalue weighted by atomic mass is 35.5. The summed E-state index contributed by atoms with van der Waals surface area (Å²) in [6, 6.07) is 0. The lowest BCUT2D eigenvalue weighted by molar-refractivity contribution is 0.581. The standard InChI is InChI=1S/C14H20ClN3S/c1-2-5-13-16-7-9-18(13)8-4-3-6-14-17-12(10-15)11-19-14/h7,9,11H,2-6,8,10H2,1H3. The van der Waals surface area contributed by atoms with E-state index in [2.05, 4.69) is 33.0 Å². The fraction of sp³-hybridized carbons (Fsp3) is 0.571. The molecule has 0 unspecified atom stereocenters. The quantitative estimate of drug-likeness (QED) is 0.543. The lowest BCUT2D eigenvalue weighted by Crippen LogP contribution is -2.03. The number of hydrogen-bond donors (Lipinski definition) is 0. The second kappa shape index (κ2) is 7.65. The molecule has 0 aliphatic heterocycles. The molecule has 0 amide bonds. The first kappa shape index (κ1) is 14.5. The summed E-state index contributed by atoms with van der Waals surface area (Å²) in [6.45, 7) is 3.25. The van der Waals surface area contributed by atoms with Crippen LogP contribution in [0.4, 0.5) is 0 Å². The van der Waals surface area contributed by atoms with Crippen LogP contribution < -0.4 is 0 Å². The van der Waals surface area contributed by atoms with E-state index in [1.54, 1.807) is 11.3 Å². The highest BCUT2D eigenvalue weighted by Crippen LogP contribution is 2.14. The van der Waals surface area contributed by atoms with Gasteiger partial charge in [0.2, 0.25) is 0 Å². The van der Waals surface area contributed by atoms with Gasteiger partial charge < -0.3 is 4.57 Å². The Morgan fingerprint density at radius 3 is 2.95 bits per heavy atom. The van der Waals surface area contributed by atoms with Gasteiger partial charge in [-0.2, -0.15) is 0 Å². The zero-order chi connectivity index (χ0) is 13.5. The maximum absolute atomic E-state index is 5.75. The van der Waals surface area contributed by atoms with Crippen LogP contribution >= 0.6 is 22.9 Å². The molecule has 2 aromatic heterocycles. The van der Waals surface area contributed by atoms with Gasteiger partial charge in [-0.3, -0.25) is 0 Å². The fourth-order valence-electron chi connectivity index (χ4n) is 2.08. The third kappa shape index (κ3) is 4.32. The molecule has 0 aliphatic carbocycles. The minimum absolute atomic E-state index is 0.520. The minimum Gasteiger partial charge on any atom is -0.335 e. The van der Waals surface area contributed by atoms with Gasteiger partial charge in [0.05, 0.1) is 16.6 Å². The van der Waals surface area contributed by atoms with Crippen LogP contribution in [0.15, 0.2) is 17.8 Å². The van der Waals surface area contributed by atoms with Crippen LogP contribution in [0.5, 0.6) is 0 Å². The van der Waals surface area contributed by atoms with Gasteiger partial charge in [-0.15, -0.1) is 22.9 Å². The van der Waals surface area contributed by atoms with Crippen LogP contribution in [0.2, 0.25) is 0 Å². The Hall–Kier alpha value is -0.870. The first-order valence-corrected chi connectivity index (χ1v) is 8.24. The van der Waals surface area contributed by atoms with Crippen molar-refractivity contribution in [3.05, 3.63) is 34.3 Å². The molecule has 0 N–H and O–H groups in total. The van der Waals surface area contributed by atoms with E-state index in [4.69, 9.17) is 11.6 Å². The molecule has 2 rings (SSSR count). The van der Waals surface area contributed by atoms with Crippen LogP contribution in [0.25, 0.3) is 0 Å². The molecular weight excluding hydrogens is 278 g/mol. The monoisotopic (exact) mass is 297 g/mol. The average Bonchev–Trinajstić information content (AvgIpc) is 3.04. The number of hydrogen-bond acceptors (Lipinski definition) is 3.